The number of benzene rings is 2. The van der Waals surface area contributed by atoms with Gasteiger partial charge in [0.25, 0.3) is 0 Å². The van der Waals surface area contributed by atoms with Crippen LogP contribution in [-0.4, -0.2) is 79.6 Å². The Morgan fingerprint density at radius 2 is 1.61 bits per heavy atom. The van der Waals surface area contributed by atoms with E-state index in [0.29, 0.717) is 93.1 Å². The van der Waals surface area contributed by atoms with E-state index in [-0.39, 0.29) is 43.1 Å². The molecule has 5 N–H and O–H groups in total. The number of aryl methyl sites for hydroxylation is 4. The van der Waals surface area contributed by atoms with E-state index < -0.39 is 11.8 Å². The molecule has 8 rings (SSSR count). The van der Waals surface area contributed by atoms with Crippen LogP contribution in [0.4, 0.5) is 0 Å². The molecule has 0 aliphatic heterocycles. The lowest BCUT2D eigenvalue weighted by molar-refractivity contribution is 0.0975. The highest BCUT2D eigenvalue weighted by Gasteiger charge is 2.24. The summed E-state index contributed by atoms with van der Waals surface area (Å²) in [6.07, 6.45) is 7.47. The molecule has 6 heterocycles. The summed E-state index contributed by atoms with van der Waals surface area (Å²) >= 11 is 0. The molecule has 0 aliphatic rings. The first-order valence-corrected chi connectivity index (χ1v) is 19.3. The number of carbonyl (C=O) groups is 3. The molecule has 0 radical (unpaired) electrons. The Morgan fingerprint density at radius 3 is 2.34 bits per heavy atom. The van der Waals surface area contributed by atoms with Crippen LogP contribution < -0.4 is 16.2 Å². The van der Waals surface area contributed by atoms with Crippen molar-refractivity contribution in [3.63, 3.8) is 0 Å². The summed E-state index contributed by atoms with van der Waals surface area (Å²) in [5, 5.41) is 20.5. The van der Waals surface area contributed by atoms with Crippen molar-refractivity contribution in [2.45, 2.75) is 66.7 Å². The lowest BCUT2D eigenvalue weighted by Crippen LogP contribution is -2.15. The molecule has 0 unspecified atom stereocenters. The summed E-state index contributed by atoms with van der Waals surface area (Å²) in [5.41, 5.74) is 17.6. The van der Waals surface area contributed by atoms with Gasteiger partial charge in [-0.25, -0.2) is 15.0 Å². The van der Waals surface area contributed by atoms with Gasteiger partial charge in [0.05, 0.1) is 47.3 Å². The number of aromatic nitrogens is 9. The van der Waals surface area contributed by atoms with E-state index in [4.69, 9.17) is 35.6 Å². The van der Waals surface area contributed by atoms with Crippen molar-refractivity contribution in [2.75, 3.05) is 13.2 Å². The van der Waals surface area contributed by atoms with E-state index in [9.17, 15) is 19.5 Å². The summed E-state index contributed by atoms with van der Waals surface area (Å²) in [5.74, 6) is -0.0653. The number of Topliss-reactive ketones (excluding diaryl/α,β-unsaturated/α-hetero) is 1. The lowest BCUT2D eigenvalue weighted by atomic mass is 10.1. The van der Waals surface area contributed by atoms with E-state index in [1.54, 1.807) is 41.2 Å². The van der Waals surface area contributed by atoms with Crippen LogP contribution in [0.3, 0.4) is 0 Å². The van der Waals surface area contributed by atoms with Crippen LogP contribution in [0.5, 0.6) is 5.75 Å². The molecule has 0 aliphatic carbocycles. The smallest absolute Gasteiger partial charge is 0.249 e. The standard InChI is InChI=1S/C42H43N11O6/c1-5-52-31(16-23(3)48-52)33(55)21-35-46-30-20-28(40(44)57)26-10-15-59-38(26)37(30)50(35)11-7-8-12-51-36-27(18-25(39(43)56)19-34(36)58-14-9-13-54)29-22-45-41(47-42(29)51)32-17-24(4)49-53(32)6-2/h7-8,10,15-20,22,54H,5-6,9,11-14,21H2,1-4H3,(H2,43,56)(H2,44,57)/b8-7+. The molecule has 302 valence electrons. The number of ketones is 1. The molecular formula is C42H43N11O6. The maximum Gasteiger partial charge on any atom is 0.249 e. The molecule has 59 heavy (non-hydrogen) atoms. The summed E-state index contributed by atoms with van der Waals surface area (Å²) < 4.78 is 19.5. The predicted molar refractivity (Wildman–Crippen MR) is 220 cm³/mol. The molecule has 8 aromatic rings. The molecule has 0 saturated heterocycles. The van der Waals surface area contributed by atoms with Gasteiger partial charge in [0.15, 0.2) is 17.2 Å². The van der Waals surface area contributed by atoms with E-state index in [1.165, 1.54) is 6.26 Å². The van der Waals surface area contributed by atoms with Crippen molar-refractivity contribution >= 4 is 61.5 Å². The van der Waals surface area contributed by atoms with Crippen molar-refractivity contribution in [3.8, 4) is 17.3 Å². The Morgan fingerprint density at radius 1 is 0.864 bits per heavy atom. The van der Waals surface area contributed by atoms with Gasteiger partial charge in [0.1, 0.15) is 34.1 Å². The van der Waals surface area contributed by atoms with Crippen molar-refractivity contribution < 1.29 is 28.6 Å². The van der Waals surface area contributed by atoms with E-state index >= 15 is 0 Å². The molecule has 0 bridgehead atoms. The number of aliphatic hydroxyl groups is 1. The minimum absolute atomic E-state index is 0.0428. The number of hydrogen-bond donors (Lipinski definition) is 3. The maximum absolute atomic E-state index is 13.8. The average molecular weight is 798 g/mol. The van der Waals surface area contributed by atoms with Crippen molar-refractivity contribution in [3.05, 3.63) is 95.0 Å². The Bertz CT molecular complexity index is 2980. The first kappa shape index (κ1) is 38.7. The highest BCUT2D eigenvalue weighted by atomic mass is 16.5. The number of ether oxygens (including phenoxy) is 1. The minimum Gasteiger partial charge on any atom is -0.491 e. The molecule has 6 aromatic heterocycles. The number of primary amides is 2. The fourth-order valence-corrected chi connectivity index (χ4v) is 7.65. The maximum atomic E-state index is 13.8. The summed E-state index contributed by atoms with van der Waals surface area (Å²) in [7, 11) is 0. The zero-order valence-electron chi connectivity index (χ0n) is 33.1. The van der Waals surface area contributed by atoms with Gasteiger partial charge in [-0.3, -0.25) is 23.7 Å². The number of fused-ring (bicyclic) bond motifs is 6. The van der Waals surface area contributed by atoms with E-state index in [1.807, 2.05) is 59.7 Å². The predicted octanol–water partition coefficient (Wildman–Crippen LogP) is 5.04. The Kier molecular flexibility index (Phi) is 10.3. The quantitative estimate of drug-likeness (QED) is 0.0666. The second-order valence-electron chi connectivity index (χ2n) is 14.2. The second kappa shape index (κ2) is 15.7. The third kappa shape index (κ3) is 6.98. The average Bonchev–Trinajstić information content (AvgIpc) is 4.05. The Hall–Kier alpha value is -7.14. The number of aliphatic hydroxyl groups excluding tert-OH is 1. The summed E-state index contributed by atoms with van der Waals surface area (Å²) in [6, 6.07) is 10.3. The van der Waals surface area contributed by atoms with Gasteiger partial charge in [-0.2, -0.15) is 10.2 Å². The van der Waals surface area contributed by atoms with Gasteiger partial charge < -0.3 is 34.9 Å². The van der Waals surface area contributed by atoms with Gasteiger partial charge in [0, 0.05) is 67.1 Å². The first-order valence-electron chi connectivity index (χ1n) is 19.3. The topological polar surface area (TPSA) is 230 Å². The molecule has 2 aromatic carbocycles. The van der Waals surface area contributed by atoms with Gasteiger partial charge >= 0.3 is 0 Å². The highest BCUT2D eigenvalue weighted by Crippen LogP contribution is 2.37. The number of hydrogen-bond acceptors (Lipinski definition) is 11. The number of furan rings is 1. The molecule has 17 nitrogen and oxygen atoms in total. The van der Waals surface area contributed by atoms with Gasteiger partial charge in [-0.15, -0.1) is 0 Å². The molecule has 2 amide bonds. The zero-order valence-corrected chi connectivity index (χ0v) is 33.1. The fraction of sp³-hybridized carbons (Fsp3) is 0.286. The van der Waals surface area contributed by atoms with Gasteiger partial charge in [0.2, 0.25) is 11.8 Å². The van der Waals surface area contributed by atoms with Crippen molar-refractivity contribution in [1.29, 1.82) is 0 Å². The second-order valence-corrected chi connectivity index (χ2v) is 14.2. The number of amides is 2. The van der Waals surface area contributed by atoms with Crippen LogP contribution in [0.2, 0.25) is 0 Å². The van der Waals surface area contributed by atoms with E-state index in [0.717, 1.165) is 17.1 Å². The van der Waals surface area contributed by atoms with Crippen LogP contribution in [0.15, 0.2) is 65.4 Å². The number of imidazole rings is 1. The van der Waals surface area contributed by atoms with Crippen molar-refractivity contribution in [2.24, 2.45) is 11.5 Å². The van der Waals surface area contributed by atoms with Crippen LogP contribution in [0, 0.1) is 13.8 Å². The third-order valence-corrected chi connectivity index (χ3v) is 10.3. The molecule has 0 spiro atoms. The fourth-order valence-electron chi connectivity index (χ4n) is 7.65. The highest BCUT2D eigenvalue weighted by molar-refractivity contribution is 6.14. The van der Waals surface area contributed by atoms with Crippen LogP contribution in [0.1, 0.15) is 68.7 Å². The Labute approximate surface area is 336 Å². The number of allylic oxidation sites excluding steroid dienone is 2. The SMILES string of the molecule is CCn1nc(C)cc1C(=O)Cc1nc2cc(C(N)=O)c3ccoc3c2n1C/C=C/Cn1c2nc(-c3cc(C)nn3CC)ncc2c2cc(C(N)=O)cc(OCCCO)c21. The molecule has 0 fully saturated rings. The summed E-state index contributed by atoms with van der Waals surface area (Å²) in [6.45, 7) is 9.52. The van der Waals surface area contributed by atoms with Crippen molar-refractivity contribution in [1.82, 2.24) is 43.6 Å². The Balaban J connectivity index is 1.25. The lowest BCUT2D eigenvalue weighted by Gasteiger charge is -2.12. The first-order chi connectivity index (χ1) is 28.5. The number of carbonyl (C=O) groups excluding carboxylic acids is 3. The van der Waals surface area contributed by atoms with Gasteiger partial charge in [-0.05, 0) is 64.1 Å². The molecule has 17 heteroatoms. The molecular weight excluding hydrogens is 755 g/mol. The number of rotatable bonds is 16. The molecule has 0 saturated carbocycles. The minimum atomic E-state index is -0.622. The number of nitrogens with zero attached hydrogens (tertiary/aromatic N) is 9. The van der Waals surface area contributed by atoms with Crippen LogP contribution in [0.25, 0.3) is 55.5 Å². The molecule has 0 atom stereocenters. The van der Waals surface area contributed by atoms with Crippen LogP contribution in [-0.2, 0) is 32.6 Å². The summed E-state index contributed by atoms with van der Waals surface area (Å²) in [4.78, 5) is 53.5. The zero-order chi connectivity index (χ0) is 41.5. The monoisotopic (exact) mass is 797 g/mol. The van der Waals surface area contributed by atoms with Gasteiger partial charge in [-0.1, -0.05) is 12.2 Å². The number of nitrogens with two attached hydrogens (primary N) is 2. The van der Waals surface area contributed by atoms with Crippen LogP contribution >= 0.6 is 0 Å². The van der Waals surface area contributed by atoms with E-state index in [2.05, 4.69) is 10.2 Å². The third-order valence-electron chi connectivity index (χ3n) is 10.3. The normalized spacial score (nSPS) is 11.9. The largest absolute Gasteiger partial charge is 0.491 e.